The molecule has 2 aromatic rings. The van der Waals surface area contributed by atoms with Gasteiger partial charge in [-0.1, -0.05) is 38.8 Å². The molecule has 0 amide bonds. The average molecular weight is 411 g/mol. The molecule has 0 radical (unpaired) electrons. The molecule has 154 valence electrons. The molecular formula is C25H30O3S. The van der Waals surface area contributed by atoms with Gasteiger partial charge in [0.25, 0.3) is 0 Å². The summed E-state index contributed by atoms with van der Waals surface area (Å²) >= 11 is 1.91. The molecule has 2 heterocycles. The standard InChI is InChI=1S/C25H30O3S/c1-7-17-9-13-20-21(15-17)29-25(5,6)22(24(20,3)4)14-12-18-10-11-19(28-18)16-23(26)27-8-2/h9-11,13,15,22H,7-8,16H2,1-6H3. The topological polar surface area (TPSA) is 39.4 Å². The van der Waals surface area contributed by atoms with Gasteiger partial charge in [0.1, 0.15) is 12.2 Å². The van der Waals surface area contributed by atoms with Gasteiger partial charge in [-0.05, 0) is 62.4 Å². The van der Waals surface area contributed by atoms with E-state index in [1.54, 1.807) is 13.0 Å². The Labute approximate surface area is 178 Å². The first-order chi connectivity index (χ1) is 13.7. The lowest BCUT2D eigenvalue weighted by Crippen LogP contribution is -2.44. The Morgan fingerprint density at radius 2 is 1.93 bits per heavy atom. The first kappa shape index (κ1) is 21.6. The van der Waals surface area contributed by atoms with Crippen LogP contribution in [0.5, 0.6) is 0 Å². The quantitative estimate of drug-likeness (QED) is 0.473. The number of carbonyl (C=O) groups is 1. The first-order valence-corrected chi connectivity index (χ1v) is 11.1. The maximum absolute atomic E-state index is 11.6. The van der Waals surface area contributed by atoms with E-state index in [4.69, 9.17) is 9.15 Å². The van der Waals surface area contributed by atoms with E-state index in [1.165, 1.54) is 16.0 Å². The largest absolute Gasteiger partial charge is 0.466 e. The lowest BCUT2D eigenvalue weighted by atomic mass is 9.68. The van der Waals surface area contributed by atoms with Crippen molar-refractivity contribution in [3.05, 3.63) is 53.0 Å². The van der Waals surface area contributed by atoms with Crippen LogP contribution in [-0.2, 0) is 27.8 Å². The normalized spacial score (nSPS) is 19.0. The van der Waals surface area contributed by atoms with Crippen LogP contribution in [0.25, 0.3) is 0 Å². The van der Waals surface area contributed by atoms with Gasteiger partial charge in [0.2, 0.25) is 0 Å². The fourth-order valence-corrected chi connectivity index (χ4v) is 5.85. The van der Waals surface area contributed by atoms with Gasteiger partial charge < -0.3 is 9.15 Å². The summed E-state index contributed by atoms with van der Waals surface area (Å²) in [6.07, 6.45) is 1.18. The molecule has 1 aliphatic heterocycles. The molecule has 29 heavy (non-hydrogen) atoms. The minimum Gasteiger partial charge on any atom is -0.466 e. The third kappa shape index (κ3) is 4.56. The molecule has 0 saturated heterocycles. The van der Waals surface area contributed by atoms with Crippen LogP contribution in [0.3, 0.4) is 0 Å². The van der Waals surface area contributed by atoms with Crippen LogP contribution in [-0.4, -0.2) is 17.3 Å². The Morgan fingerprint density at radius 3 is 2.62 bits per heavy atom. The van der Waals surface area contributed by atoms with E-state index < -0.39 is 0 Å². The zero-order valence-corrected chi connectivity index (χ0v) is 19.0. The van der Waals surface area contributed by atoms with Gasteiger partial charge in [0.05, 0.1) is 6.61 Å². The number of thioether (sulfide) groups is 1. The molecule has 4 heteroatoms. The van der Waals surface area contributed by atoms with E-state index in [1.807, 2.05) is 17.8 Å². The zero-order valence-electron chi connectivity index (χ0n) is 18.2. The van der Waals surface area contributed by atoms with E-state index in [-0.39, 0.29) is 28.5 Å². The van der Waals surface area contributed by atoms with Crippen molar-refractivity contribution in [3.8, 4) is 11.8 Å². The summed E-state index contributed by atoms with van der Waals surface area (Å²) in [5.74, 6) is 7.77. The summed E-state index contributed by atoms with van der Waals surface area (Å²) in [5.41, 5.74) is 2.65. The third-order valence-corrected chi connectivity index (χ3v) is 6.88. The monoisotopic (exact) mass is 410 g/mol. The molecular weight excluding hydrogens is 380 g/mol. The Morgan fingerprint density at radius 1 is 1.17 bits per heavy atom. The highest BCUT2D eigenvalue weighted by atomic mass is 32.2. The van der Waals surface area contributed by atoms with Gasteiger partial charge in [-0.2, -0.15) is 0 Å². The molecule has 1 atom stereocenters. The van der Waals surface area contributed by atoms with Crippen molar-refractivity contribution in [1.82, 2.24) is 0 Å². The van der Waals surface area contributed by atoms with E-state index in [2.05, 4.69) is 64.7 Å². The zero-order chi connectivity index (χ0) is 21.2. The van der Waals surface area contributed by atoms with Crippen molar-refractivity contribution in [2.24, 2.45) is 5.92 Å². The molecule has 0 saturated carbocycles. The first-order valence-electron chi connectivity index (χ1n) is 10.3. The molecule has 1 aromatic carbocycles. The number of hydrogen-bond acceptors (Lipinski definition) is 4. The Kier molecular flexibility index (Phi) is 6.19. The molecule has 0 aliphatic carbocycles. The van der Waals surface area contributed by atoms with Crippen molar-refractivity contribution >= 4 is 17.7 Å². The number of hydrogen-bond donors (Lipinski definition) is 0. The van der Waals surface area contributed by atoms with Gasteiger partial charge in [-0.3, -0.25) is 4.79 Å². The fourth-order valence-electron chi connectivity index (χ4n) is 4.16. The van der Waals surface area contributed by atoms with Gasteiger partial charge in [0.15, 0.2) is 5.76 Å². The third-order valence-electron chi connectivity index (χ3n) is 5.56. The van der Waals surface area contributed by atoms with Crippen LogP contribution in [0.15, 0.2) is 39.6 Å². The van der Waals surface area contributed by atoms with Crippen LogP contribution in [0.4, 0.5) is 0 Å². The summed E-state index contributed by atoms with van der Waals surface area (Å²) in [4.78, 5) is 13.0. The number of ether oxygens (including phenoxy) is 1. The number of aryl methyl sites for hydroxylation is 1. The summed E-state index contributed by atoms with van der Waals surface area (Å²) in [6.45, 7) is 13.5. The van der Waals surface area contributed by atoms with Crippen LogP contribution in [0, 0.1) is 17.8 Å². The molecule has 3 rings (SSSR count). The SMILES string of the molecule is CCOC(=O)Cc1ccc(C#CC2C(C)(C)Sc3cc(CC)ccc3C2(C)C)o1. The Balaban J connectivity index is 1.87. The molecule has 1 aromatic heterocycles. The van der Waals surface area contributed by atoms with Gasteiger partial charge in [-0.15, -0.1) is 11.8 Å². The highest BCUT2D eigenvalue weighted by Gasteiger charge is 2.46. The molecule has 0 bridgehead atoms. The number of esters is 1. The molecule has 1 aliphatic rings. The molecule has 3 nitrogen and oxygen atoms in total. The predicted octanol–water partition coefficient (Wildman–Crippen LogP) is 5.78. The van der Waals surface area contributed by atoms with E-state index in [0.29, 0.717) is 18.1 Å². The van der Waals surface area contributed by atoms with Crippen LogP contribution < -0.4 is 0 Å². The van der Waals surface area contributed by atoms with Crippen molar-refractivity contribution in [3.63, 3.8) is 0 Å². The Hall–Kier alpha value is -2.12. The van der Waals surface area contributed by atoms with Gasteiger partial charge in [-0.25, -0.2) is 0 Å². The number of carbonyl (C=O) groups excluding carboxylic acids is 1. The van der Waals surface area contributed by atoms with Crippen molar-refractivity contribution in [2.75, 3.05) is 6.61 Å². The summed E-state index contributed by atoms with van der Waals surface area (Å²) < 4.78 is 10.7. The fraction of sp³-hybridized carbons (Fsp3) is 0.480. The lowest BCUT2D eigenvalue weighted by molar-refractivity contribution is -0.142. The minimum atomic E-state index is -0.282. The summed E-state index contributed by atoms with van der Waals surface area (Å²) in [6, 6.07) is 10.5. The summed E-state index contributed by atoms with van der Waals surface area (Å²) in [5, 5.41) is 0. The maximum Gasteiger partial charge on any atom is 0.313 e. The van der Waals surface area contributed by atoms with Gasteiger partial charge in [0, 0.05) is 21.0 Å². The highest BCUT2D eigenvalue weighted by Crippen LogP contribution is 2.54. The average Bonchev–Trinajstić information content (AvgIpc) is 3.07. The van der Waals surface area contributed by atoms with Crippen molar-refractivity contribution in [2.45, 2.75) is 69.4 Å². The molecule has 0 fully saturated rings. The number of benzene rings is 1. The molecule has 1 unspecified atom stereocenters. The smallest absolute Gasteiger partial charge is 0.313 e. The maximum atomic E-state index is 11.6. The number of rotatable bonds is 4. The molecule has 0 N–H and O–H groups in total. The lowest BCUT2D eigenvalue weighted by Gasteiger charge is -2.47. The highest BCUT2D eigenvalue weighted by molar-refractivity contribution is 8.00. The van der Waals surface area contributed by atoms with Crippen LogP contribution in [0.2, 0.25) is 0 Å². The van der Waals surface area contributed by atoms with Crippen molar-refractivity contribution in [1.29, 1.82) is 0 Å². The van der Waals surface area contributed by atoms with Gasteiger partial charge >= 0.3 is 5.97 Å². The van der Waals surface area contributed by atoms with E-state index in [9.17, 15) is 4.79 Å². The Bertz CT molecular complexity index is 956. The number of furan rings is 1. The number of fused-ring (bicyclic) bond motifs is 1. The van der Waals surface area contributed by atoms with E-state index in [0.717, 1.165) is 6.42 Å². The second-order valence-electron chi connectivity index (χ2n) is 8.56. The van der Waals surface area contributed by atoms with Crippen molar-refractivity contribution < 1.29 is 13.9 Å². The molecule has 0 spiro atoms. The minimum absolute atomic E-state index is 0.0315. The van der Waals surface area contributed by atoms with E-state index >= 15 is 0 Å². The van der Waals surface area contributed by atoms with Crippen LogP contribution >= 0.6 is 11.8 Å². The second-order valence-corrected chi connectivity index (χ2v) is 10.3. The predicted molar refractivity (Wildman–Crippen MR) is 118 cm³/mol. The second kappa shape index (κ2) is 8.32. The summed E-state index contributed by atoms with van der Waals surface area (Å²) in [7, 11) is 0. The van der Waals surface area contributed by atoms with Crippen LogP contribution in [0.1, 0.15) is 64.2 Å².